The molecular formula is C16H15FN4O2S. The van der Waals surface area contributed by atoms with E-state index in [1.54, 1.807) is 31.2 Å². The Morgan fingerprint density at radius 3 is 2.67 bits per heavy atom. The highest BCUT2D eigenvalue weighted by molar-refractivity contribution is 7.16. The quantitative estimate of drug-likeness (QED) is 0.753. The number of anilines is 1. The standard InChI is InChI=1S/C16H15FN4O2S/c1-9-7-8-13(24-9)19-16(22)20-14(15-18-10(2)23-21-15)11-5-3-4-6-12(11)17/h3-8,14H,1-2H3,(H2,19,20,22)/t14-/m0/s1. The fourth-order valence-electron chi connectivity index (χ4n) is 2.20. The Balaban J connectivity index is 1.85. The summed E-state index contributed by atoms with van der Waals surface area (Å²) < 4.78 is 19.1. The summed E-state index contributed by atoms with van der Waals surface area (Å²) in [6.07, 6.45) is 0. The van der Waals surface area contributed by atoms with Crippen LogP contribution in [0.4, 0.5) is 14.2 Å². The summed E-state index contributed by atoms with van der Waals surface area (Å²) in [6, 6.07) is 8.51. The van der Waals surface area contributed by atoms with Gasteiger partial charge in [0, 0.05) is 17.4 Å². The highest BCUT2D eigenvalue weighted by Gasteiger charge is 2.24. The van der Waals surface area contributed by atoms with Crippen LogP contribution < -0.4 is 10.6 Å². The molecule has 6 nitrogen and oxygen atoms in total. The molecule has 3 aromatic rings. The van der Waals surface area contributed by atoms with Crippen molar-refractivity contribution >= 4 is 22.4 Å². The third-order valence-corrected chi connectivity index (χ3v) is 4.19. The maximum Gasteiger partial charge on any atom is 0.320 e. The van der Waals surface area contributed by atoms with Crippen LogP contribution in [0.5, 0.6) is 0 Å². The zero-order valence-corrected chi connectivity index (χ0v) is 13.9. The smallest absolute Gasteiger partial charge is 0.320 e. The van der Waals surface area contributed by atoms with Gasteiger partial charge < -0.3 is 9.84 Å². The molecule has 1 atom stereocenters. The van der Waals surface area contributed by atoms with E-state index >= 15 is 0 Å². The van der Waals surface area contributed by atoms with Crippen molar-refractivity contribution in [2.45, 2.75) is 19.9 Å². The molecule has 0 aliphatic rings. The predicted octanol–water partition coefficient (Wildman–Crippen LogP) is 3.80. The van der Waals surface area contributed by atoms with E-state index in [0.29, 0.717) is 10.9 Å². The van der Waals surface area contributed by atoms with Crippen molar-refractivity contribution in [2.24, 2.45) is 0 Å². The van der Waals surface area contributed by atoms with Gasteiger partial charge in [-0.3, -0.25) is 5.32 Å². The van der Waals surface area contributed by atoms with Gasteiger partial charge in [-0.05, 0) is 25.1 Å². The summed E-state index contributed by atoms with van der Waals surface area (Å²) in [5.41, 5.74) is 0.260. The number of carbonyl (C=O) groups is 1. The van der Waals surface area contributed by atoms with Gasteiger partial charge in [0.25, 0.3) is 0 Å². The summed E-state index contributed by atoms with van der Waals surface area (Å²) in [6.45, 7) is 3.57. The van der Waals surface area contributed by atoms with E-state index in [1.807, 2.05) is 13.0 Å². The van der Waals surface area contributed by atoms with Gasteiger partial charge in [0.2, 0.25) is 5.89 Å². The van der Waals surface area contributed by atoms with Gasteiger partial charge in [-0.25, -0.2) is 9.18 Å². The molecule has 3 rings (SSSR count). The van der Waals surface area contributed by atoms with Crippen LogP contribution in [0.1, 0.15) is 28.2 Å². The lowest BCUT2D eigenvalue weighted by molar-refractivity contribution is 0.249. The van der Waals surface area contributed by atoms with E-state index in [9.17, 15) is 9.18 Å². The van der Waals surface area contributed by atoms with E-state index in [4.69, 9.17) is 4.52 Å². The Morgan fingerprint density at radius 1 is 1.25 bits per heavy atom. The summed E-state index contributed by atoms with van der Waals surface area (Å²) in [7, 11) is 0. The molecule has 0 saturated carbocycles. The van der Waals surface area contributed by atoms with Gasteiger partial charge in [0.15, 0.2) is 5.82 Å². The van der Waals surface area contributed by atoms with Gasteiger partial charge in [-0.1, -0.05) is 23.4 Å². The van der Waals surface area contributed by atoms with Gasteiger partial charge in [0.1, 0.15) is 11.9 Å². The second-order valence-electron chi connectivity index (χ2n) is 5.13. The van der Waals surface area contributed by atoms with Crippen LogP contribution >= 0.6 is 11.3 Å². The zero-order chi connectivity index (χ0) is 17.1. The molecule has 2 amide bonds. The number of thiophene rings is 1. The van der Waals surface area contributed by atoms with Gasteiger partial charge in [-0.15, -0.1) is 11.3 Å². The molecule has 0 radical (unpaired) electrons. The van der Waals surface area contributed by atoms with Crippen molar-refractivity contribution in [1.82, 2.24) is 15.5 Å². The van der Waals surface area contributed by atoms with Crippen LogP contribution in [0.3, 0.4) is 0 Å². The summed E-state index contributed by atoms with van der Waals surface area (Å²) >= 11 is 1.45. The van der Waals surface area contributed by atoms with E-state index in [-0.39, 0.29) is 11.4 Å². The molecule has 2 heterocycles. The second-order valence-corrected chi connectivity index (χ2v) is 6.42. The number of amides is 2. The minimum Gasteiger partial charge on any atom is -0.340 e. The van der Waals surface area contributed by atoms with Crippen LogP contribution in [0.2, 0.25) is 0 Å². The highest BCUT2D eigenvalue weighted by Crippen LogP contribution is 2.24. The molecule has 0 spiro atoms. The normalized spacial score (nSPS) is 12.0. The molecule has 0 unspecified atom stereocenters. The van der Waals surface area contributed by atoms with E-state index < -0.39 is 17.9 Å². The molecule has 0 fully saturated rings. The Kier molecular flexibility index (Phi) is 4.57. The number of halogens is 1. The highest BCUT2D eigenvalue weighted by atomic mass is 32.1. The zero-order valence-electron chi connectivity index (χ0n) is 13.0. The van der Waals surface area contributed by atoms with Crippen LogP contribution in [-0.2, 0) is 0 Å². The molecule has 124 valence electrons. The first-order chi connectivity index (χ1) is 11.5. The number of aromatic nitrogens is 2. The summed E-state index contributed by atoms with van der Waals surface area (Å²) in [5, 5.41) is 9.91. The topological polar surface area (TPSA) is 80.0 Å². The van der Waals surface area contributed by atoms with E-state index in [0.717, 1.165) is 4.88 Å². The van der Waals surface area contributed by atoms with Crippen LogP contribution in [0.25, 0.3) is 0 Å². The number of nitrogens with zero attached hydrogens (tertiary/aromatic N) is 2. The molecule has 0 aliphatic carbocycles. The minimum atomic E-state index is -0.857. The van der Waals surface area contributed by atoms with E-state index in [1.165, 1.54) is 17.4 Å². The third-order valence-electron chi connectivity index (χ3n) is 3.27. The van der Waals surface area contributed by atoms with Crippen molar-refractivity contribution in [2.75, 3.05) is 5.32 Å². The maximum atomic E-state index is 14.2. The van der Waals surface area contributed by atoms with Crippen molar-refractivity contribution in [1.29, 1.82) is 0 Å². The molecule has 0 bridgehead atoms. The molecule has 1 aromatic carbocycles. The van der Waals surface area contributed by atoms with Crippen LogP contribution in [0.15, 0.2) is 40.9 Å². The monoisotopic (exact) mass is 346 g/mol. The molecule has 8 heteroatoms. The Hall–Kier alpha value is -2.74. The lowest BCUT2D eigenvalue weighted by atomic mass is 10.1. The van der Waals surface area contributed by atoms with Crippen LogP contribution in [0, 0.1) is 19.7 Å². The number of rotatable bonds is 4. The molecule has 2 aromatic heterocycles. The van der Waals surface area contributed by atoms with Gasteiger partial charge in [0.05, 0.1) is 5.00 Å². The van der Waals surface area contributed by atoms with Gasteiger partial charge >= 0.3 is 6.03 Å². The lowest BCUT2D eigenvalue weighted by Gasteiger charge is -2.16. The van der Waals surface area contributed by atoms with Crippen molar-refractivity contribution in [3.8, 4) is 0 Å². The molecule has 24 heavy (non-hydrogen) atoms. The molecular weight excluding hydrogens is 331 g/mol. The Labute approximate surface area is 141 Å². The first-order valence-corrected chi connectivity index (χ1v) is 8.03. The predicted molar refractivity (Wildman–Crippen MR) is 88.5 cm³/mol. The Bertz CT molecular complexity index is 861. The number of urea groups is 1. The van der Waals surface area contributed by atoms with Crippen molar-refractivity contribution < 1.29 is 13.7 Å². The lowest BCUT2D eigenvalue weighted by Crippen LogP contribution is -2.34. The minimum absolute atomic E-state index is 0.190. The number of hydrogen-bond donors (Lipinski definition) is 2. The second kappa shape index (κ2) is 6.79. The largest absolute Gasteiger partial charge is 0.340 e. The fraction of sp³-hybridized carbons (Fsp3) is 0.188. The number of nitrogens with one attached hydrogen (secondary N) is 2. The van der Waals surface area contributed by atoms with E-state index in [2.05, 4.69) is 20.8 Å². The summed E-state index contributed by atoms with van der Waals surface area (Å²) in [4.78, 5) is 17.5. The van der Waals surface area contributed by atoms with Crippen molar-refractivity contribution in [3.05, 3.63) is 64.4 Å². The summed E-state index contributed by atoms with van der Waals surface area (Å²) in [5.74, 6) is 0.0646. The number of carbonyl (C=O) groups excluding carboxylic acids is 1. The third kappa shape index (κ3) is 3.60. The average molecular weight is 346 g/mol. The molecule has 0 saturated heterocycles. The number of aryl methyl sites for hydroxylation is 2. The van der Waals surface area contributed by atoms with Crippen LogP contribution in [-0.4, -0.2) is 16.2 Å². The Morgan fingerprint density at radius 2 is 2.04 bits per heavy atom. The fourth-order valence-corrected chi connectivity index (χ4v) is 2.97. The average Bonchev–Trinajstić information content (AvgIpc) is 3.14. The first kappa shape index (κ1) is 16.1. The number of benzene rings is 1. The van der Waals surface area contributed by atoms with Crippen molar-refractivity contribution in [3.63, 3.8) is 0 Å². The number of hydrogen-bond acceptors (Lipinski definition) is 5. The SMILES string of the molecule is Cc1nc([C@@H](NC(=O)Nc2ccc(C)s2)c2ccccc2F)no1. The van der Waals surface area contributed by atoms with Gasteiger partial charge in [-0.2, -0.15) is 4.98 Å². The molecule has 0 aliphatic heterocycles. The maximum absolute atomic E-state index is 14.2. The molecule has 2 N–H and O–H groups in total. The first-order valence-electron chi connectivity index (χ1n) is 7.21.